The zero-order valence-electron chi connectivity index (χ0n) is 9.53. The fraction of sp³-hybridized carbons (Fsp3) is 1.00. The molecule has 78 valence electrons. The van der Waals surface area contributed by atoms with Gasteiger partial charge in [-0.1, -0.05) is 33.1 Å². The van der Waals surface area contributed by atoms with Crippen LogP contribution >= 0.6 is 0 Å². The molecule has 0 aromatic carbocycles. The zero-order valence-corrected chi connectivity index (χ0v) is 9.53. The summed E-state index contributed by atoms with van der Waals surface area (Å²) in [6.45, 7) is 8.21. The molecule has 1 nitrogen and oxygen atoms in total. The molecule has 0 radical (unpaired) electrons. The Morgan fingerprint density at radius 2 is 2.00 bits per heavy atom. The van der Waals surface area contributed by atoms with E-state index in [1.54, 1.807) is 0 Å². The molecule has 1 rings (SSSR count). The molecule has 1 atom stereocenters. The topological polar surface area (TPSA) is 12.0 Å². The van der Waals surface area contributed by atoms with E-state index in [1.165, 1.54) is 45.1 Å². The van der Waals surface area contributed by atoms with E-state index in [0.717, 1.165) is 6.04 Å². The molecule has 0 aromatic heterocycles. The van der Waals surface area contributed by atoms with Crippen LogP contribution in [-0.2, 0) is 0 Å². The van der Waals surface area contributed by atoms with E-state index < -0.39 is 0 Å². The van der Waals surface area contributed by atoms with Gasteiger partial charge in [-0.15, -0.1) is 0 Å². The fourth-order valence-corrected chi connectivity index (χ4v) is 1.61. The predicted molar refractivity (Wildman–Crippen MR) is 58.9 cm³/mol. The third-order valence-electron chi connectivity index (χ3n) is 3.22. The van der Waals surface area contributed by atoms with Gasteiger partial charge in [-0.25, -0.2) is 0 Å². The van der Waals surface area contributed by atoms with Crippen LogP contribution in [-0.4, -0.2) is 12.6 Å². The van der Waals surface area contributed by atoms with Crippen molar-refractivity contribution in [3.63, 3.8) is 0 Å². The Hall–Kier alpha value is -0.0400. The molecular formula is C12H25N. The Labute approximate surface area is 83.3 Å². The first-order chi connectivity index (χ1) is 6.16. The average Bonchev–Trinajstić information content (AvgIpc) is 2.82. The van der Waals surface area contributed by atoms with Gasteiger partial charge in [-0.2, -0.15) is 0 Å². The summed E-state index contributed by atoms with van der Waals surface area (Å²) in [6.07, 6.45) is 8.34. The van der Waals surface area contributed by atoms with E-state index in [-0.39, 0.29) is 0 Å². The highest BCUT2D eigenvalue weighted by Gasteiger charge is 2.36. The summed E-state index contributed by atoms with van der Waals surface area (Å²) in [5, 5.41) is 3.64. The van der Waals surface area contributed by atoms with Gasteiger partial charge >= 0.3 is 0 Å². The van der Waals surface area contributed by atoms with E-state index >= 15 is 0 Å². The van der Waals surface area contributed by atoms with Crippen molar-refractivity contribution in [1.29, 1.82) is 0 Å². The van der Waals surface area contributed by atoms with Crippen molar-refractivity contribution in [2.24, 2.45) is 5.41 Å². The monoisotopic (exact) mass is 183 g/mol. The van der Waals surface area contributed by atoms with Gasteiger partial charge in [0.15, 0.2) is 0 Å². The number of rotatable bonds is 7. The van der Waals surface area contributed by atoms with E-state index in [1.807, 2.05) is 0 Å². The third-order valence-corrected chi connectivity index (χ3v) is 3.22. The molecule has 1 saturated carbocycles. The van der Waals surface area contributed by atoms with E-state index in [9.17, 15) is 0 Å². The summed E-state index contributed by atoms with van der Waals surface area (Å²) < 4.78 is 0. The normalized spacial score (nSPS) is 21.5. The lowest BCUT2D eigenvalue weighted by Crippen LogP contribution is -2.30. The van der Waals surface area contributed by atoms with E-state index in [4.69, 9.17) is 0 Å². The lowest BCUT2D eigenvalue weighted by atomic mass is 10.1. The molecule has 0 aromatic rings. The number of hydrogen-bond acceptors (Lipinski definition) is 1. The maximum absolute atomic E-state index is 3.64. The summed E-state index contributed by atoms with van der Waals surface area (Å²) in [4.78, 5) is 0. The van der Waals surface area contributed by atoms with Crippen LogP contribution in [0, 0.1) is 5.41 Å². The highest BCUT2D eigenvalue weighted by atomic mass is 14.9. The molecule has 0 bridgehead atoms. The Bertz CT molecular complexity index is 138. The van der Waals surface area contributed by atoms with Crippen LogP contribution in [0.5, 0.6) is 0 Å². The first kappa shape index (κ1) is 11.0. The molecule has 0 spiro atoms. The molecule has 1 fully saturated rings. The summed E-state index contributed by atoms with van der Waals surface area (Å²) in [5.74, 6) is 0. The SMILES string of the molecule is CCCCCC(C)NCC1(C)CC1. The third kappa shape index (κ3) is 4.66. The molecular weight excluding hydrogens is 158 g/mol. The minimum Gasteiger partial charge on any atom is -0.314 e. The molecule has 0 aliphatic heterocycles. The van der Waals surface area contributed by atoms with Crippen LogP contribution in [0.2, 0.25) is 0 Å². The van der Waals surface area contributed by atoms with Crippen molar-refractivity contribution in [2.45, 2.75) is 65.3 Å². The number of nitrogens with one attached hydrogen (secondary N) is 1. The fourth-order valence-electron chi connectivity index (χ4n) is 1.61. The summed E-state index contributed by atoms with van der Waals surface area (Å²) in [7, 11) is 0. The average molecular weight is 183 g/mol. The first-order valence-electron chi connectivity index (χ1n) is 5.90. The Balaban J connectivity index is 1.94. The zero-order chi connectivity index (χ0) is 9.73. The second-order valence-corrected chi connectivity index (χ2v) is 5.09. The van der Waals surface area contributed by atoms with Crippen molar-refractivity contribution in [1.82, 2.24) is 5.32 Å². The van der Waals surface area contributed by atoms with Crippen LogP contribution < -0.4 is 5.32 Å². The standard InChI is InChI=1S/C12H25N/c1-4-5-6-7-11(2)13-10-12(3)8-9-12/h11,13H,4-10H2,1-3H3. The largest absolute Gasteiger partial charge is 0.314 e. The van der Waals surface area contributed by atoms with Crippen LogP contribution in [0.4, 0.5) is 0 Å². The van der Waals surface area contributed by atoms with Crippen molar-refractivity contribution in [2.75, 3.05) is 6.54 Å². The van der Waals surface area contributed by atoms with Crippen LogP contribution in [0.15, 0.2) is 0 Å². The molecule has 0 saturated heterocycles. The summed E-state index contributed by atoms with van der Waals surface area (Å²) >= 11 is 0. The minimum absolute atomic E-state index is 0.666. The van der Waals surface area contributed by atoms with Gasteiger partial charge in [0.05, 0.1) is 0 Å². The quantitative estimate of drug-likeness (QED) is 0.597. The molecule has 13 heavy (non-hydrogen) atoms. The molecule has 0 heterocycles. The summed E-state index contributed by atoms with van der Waals surface area (Å²) in [6, 6.07) is 0.726. The van der Waals surface area contributed by atoms with Crippen LogP contribution in [0.25, 0.3) is 0 Å². The van der Waals surface area contributed by atoms with E-state index in [2.05, 4.69) is 26.1 Å². The van der Waals surface area contributed by atoms with Crippen molar-refractivity contribution in [3.8, 4) is 0 Å². The molecule has 1 N–H and O–H groups in total. The Morgan fingerprint density at radius 1 is 1.31 bits per heavy atom. The van der Waals surface area contributed by atoms with Gasteiger partial charge in [0.2, 0.25) is 0 Å². The number of unbranched alkanes of at least 4 members (excludes halogenated alkanes) is 2. The van der Waals surface area contributed by atoms with Gasteiger partial charge in [-0.3, -0.25) is 0 Å². The van der Waals surface area contributed by atoms with Gasteiger partial charge in [-0.05, 0) is 31.6 Å². The van der Waals surface area contributed by atoms with Crippen LogP contribution in [0.1, 0.15) is 59.3 Å². The van der Waals surface area contributed by atoms with E-state index in [0.29, 0.717) is 5.41 Å². The van der Waals surface area contributed by atoms with Gasteiger partial charge in [0.25, 0.3) is 0 Å². The van der Waals surface area contributed by atoms with Gasteiger partial charge in [0, 0.05) is 12.6 Å². The lowest BCUT2D eigenvalue weighted by molar-refractivity contribution is 0.423. The smallest absolute Gasteiger partial charge is 0.00389 e. The molecule has 1 heteroatoms. The molecule has 1 aliphatic rings. The Kier molecular flexibility index (Phi) is 4.24. The van der Waals surface area contributed by atoms with Crippen LogP contribution in [0.3, 0.4) is 0 Å². The molecule has 0 amide bonds. The van der Waals surface area contributed by atoms with Gasteiger partial charge in [0.1, 0.15) is 0 Å². The highest BCUT2D eigenvalue weighted by Crippen LogP contribution is 2.44. The van der Waals surface area contributed by atoms with Crippen molar-refractivity contribution in [3.05, 3.63) is 0 Å². The maximum Gasteiger partial charge on any atom is 0.00389 e. The molecule has 1 aliphatic carbocycles. The number of hydrogen-bond donors (Lipinski definition) is 1. The second kappa shape index (κ2) is 4.99. The first-order valence-corrected chi connectivity index (χ1v) is 5.90. The second-order valence-electron chi connectivity index (χ2n) is 5.09. The predicted octanol–water partition coefficient (Wildman–Crippen LogP) is 3.34. The summed E-state index contributed by atoms with van der Waals surface area (Å²) in [5.41, 5.74) is 0.666. The highest BCUT2D eigenvalue weighted by molar-refractivity contribution is 4.90. The van der Waals surface area contributed by atoms with Crippen molar-refractivity contribution >= 4 is 0 Å². The minimum atomic E-state index is 0.666. The van der Waals surface area contributed by atoms with Crippen molar-refractivity contribution < 1.29 is 0 Å². The van der Waals surface area contributed by atoms with Gasteiger partial charge < -0.3 is 5.32 Å². The lowest BCUT2D eigenvalue weighted by Gasteiger charge is -2.16. The molecule has 1 unspecified atom stereocenters. The maximum atomic E-state index is 3.64. The Morgan fingerprint density at radius 3 is 2.54 bits per heavy atom.